The van der Waals surface area contributed by atoms with Crippen molar-refractivity contribution < 1.29 is 19.5 Å². The van der Waals surface area contributed by atoms with E-state index in [2.05, 4.69) is 15.5 Å². The van der Waals surface area contributed by atoms with Crippen LogP contribution in [0.5, 0.6) is 0 Å². The summed E-state index contributed by atoms with van der Waals surface area (Å²) in [5.41, 5.74) is 12.5. The molecule has 2 bridgehead atoms. The van der Waals surface area contributed by atoms with Crippen molar-refractivity contribution >= 4 is 34.9 Å². The van der Waals surface area contributed by atoms with Crippen molar-refractivity contribution in [3.63, 3.8) is 0 Å². The van der Waals surface area contributed by atoms with Crippen molar-refractivity contribution in [3.8, 4) is 11.1 Å². The molecular weight excluding hydrogens is 476 g/mol. The number of ketones is 1. The van der Waals surface area contributed by atoms with Gasteiger partial charge in [0.15, 0.2) is 11.4 Å². The molecule has 3 saturated heterocycles. The molecule has 0 saturated carbocycles. The molecule has 3 atom stereocenters. The van der Waals surface area contributed by atoms with E-state index >= 15 is 0 Å². The van der Waals surface area contributed by atoms with E-state index < -0.39 is 6.61 Å². The maximum Gasteiger partial charge on any atom is 0.248 e. The molecule has 12 nitrogen and oxygen atoms in total. The molecule has 37 heavy (non-hydrogen) atoms. The van der Waals surface area contributed by atoms with Gasteiger partial charge in [0.2, 0.25) is 11.8 Å². The monoisotopic (exact) mass is 504 g/mol. The molecule has 4 N–H and O–H groups in total. The predicted octanol–water partition coefficient (Wildman–Crippen LogP) is 1.05. The standard InChI is InChI=1S/C25H28N8O4/c1-13(35)22-23(15-8-16-3-4-17(9-15)31(16)21(37)12-34)30-25-18(11-29-33(25)24(22)26)14-2-5-19(27-10-14)32-20(36)6-7-28-32/h2,5,10-11,15-17,28,34H,3-4,6-9,12,26H2,1H3/t15-,16-,17+. The minimum absolute atomic E-state index is 0.00509. The fourth-order valence-corrected chi connectivity index (χ4v) is 6.14. The van der Waals surface area contributed by atoms with Gasteiger partial charge in [-0.3, -0.25) is 14.4 Å². The van der Waals surface area contributed by atoms with E-state index in [0.717, 1.165) is 18.4 Å². The molecule has 3 aromatic heterocycles. The van der Waals surface area contributed by atoms with Gasteiger partial charge in [-0.2, -0.15) is 9.61 Å². The quantitative estimate of drug-likeness (QED) is 0.432. The zero-order chi connectivity index (χ0) is 25.8. The molecular formula is C25H28N8O4. The number of carbonyl (C=O) groups excluding carboxylic acids is 3. The van der Waals surface area contributed by atoms with Gasteiger partial charge in [0.25, 0.3) is 0 Å². The molecule has 3 aliphatic heterocycles. The topological polar surface area (TPSA) is 159 Å². The fourth-order valence-electron chi connectivity index (χ4n) is 6.14. The smallest absolute Gasteiger partial charge is 0.248 e. The highest BCUT2D eigenvalue weighted by molar-refractivity contribution is 6.00. The summed E-state index contributed by atoms with van der Waals surface area (Å²) in [7, 11) is 0. The van der Waals surface area contributed by atoms with Crippen LogP contribution >= 0.6 is 0 Å². The second kappa shape index (κ2) is 8.89. The van der Waals surface area contributed by atoms with Crippen molar-refractivity contribution in [2.75, 3.05) is 23.9 Å². The lowest BCUT2D eigenvalue weighted by molar-refractivity contribution is -0.138. The fraction of sp³-hybridized carbons (Fsp3) is 0.440. The molecule has 0 aliphatic carbocycles. The van der Waals surface area contributed by atoms with Crippen molar-refractivity contribution in [3.05, 3.63) is 35.8 Å². The van der Waals surface area contributed by atoms with Crippen LogP contribution in [0, 0.1) is 0 Å². The normalized spacial score (nSPS) is 23.3. The van der Waals surface area contributed by atoms with Crippen LogP contribution in [0.15, 0.2) is 24.5 Å². The lowest BCUT2D eigenvalue weighted by Crippen LogP contribution is -2.47. The first-order valence-electron chi connectivity index (χ1n) is 12.5. The Morgan fingerprint density at radius 2 is 1.95 bits per heavy atom. The number of nitrogens with two attached hydrogens (primary N) is 1. The SMILES string of the molecule is CC(=O)c1c([C@@H]2C[C@H]3CC[C@@H](C2)N3C(=O)CO)nc2c(-c3ccc(N4NCCC4=O)nc3)cnn2c1N. The Bertz CT molecular complexity index is 1400. The Morgan fingerprint density at radius 3 is 2.54 bits per heavy atom. The van der Waals surface area contributed by atoms with Gasteiger partial charge >= 0.3 is 0 Å². The molecule has 0 radical (unpaired) electrons. The Morgan fingerprint density at radius 1 is 1.19 bits per heavy atom. The molecule has 6 heterocycles. The molecule has 192 valence electrons. The van der Waals surface area contributed by atoms with E-state index in [1.807, 2.05) is 11.0 Å². The molecule has 0 aromatic carbocycles. The number of hydrogen-bond donors (Lipinski definition) is 3. The maximum absolute atomic E-state index is 12.7. The third-order valence-corrected chi connectivity index (χ3v) is 7.75. The van der Waals surface area contributed by atoms with E-state index in [1.165, 1.54) is 16.4 Å². The second-order valence-corrected chi connectivity index (χ2v) is 9.91. The summed E-state index contributed by atoms with van der Waals surface area (Å²) in [6.45, 7) is 1.56. The van der Waals surface area contributed by atoms with Crippen molar-refractivity contribution in [1.29, 1.82) is 0 Å². The number of aliphatic hydroxyl groups excluding tert-OH is 1. The average molecular weight is 505 g/mol. The zero-order valence-electron chi connectivity index (χ0n) is 20.4. The number of fused-ring (bicyclic) bond motifs is 3. The van der Waals surface area contributed by atoms with Gasteiger partial charge in [0, 0.05) is 48.3 Å². The lowest BCUT2D eigenvalue weighted by Gasteiger charge is -2.39. The molecule has 12 heteroatoms. The van der Waals surface area contributed by atoms with Gasteiger partial charge in [0.05, 0.1) is 17.5 Å². The van der Waals surface area contributed by atoms with E-state index in [0.29, 0.717) is 54.1 Å². The summed E-state index contributed by atoms with van der Waals surface area (Å²) < 4.78 is 1.48. The number of aliphatic hydroxyl groups is 1. The van der Waals surface area contributed by atoms with Crippen LogP contribution in [0.2, 0.25) is 0 Å². The molecule has 3 aromatic rings. The Hall–Kier alpha value is -3.90. The van der Waals surface area contributed by atoms with Crippen molar-refractivity contribution in [2.45, 2.75) is 57.0 Å². The number of nitrogens with zero attached hydrogens (tertiary/aromatic N) is 6. The summed E-state index contributed by atoms with van der Waals surface area (Å²) in [5.74, 6) is 0.218. The van der Waals surface area contributed by atoms with Gasteiger partial charge in [-0.05, 0) is 44.7 Å². The van der Waals surface area contributed by atoms with Crippen LogP contribution in [0.4, 0.5) is 11.6 Å². The average Bonchev–Trinajstić information content (AvgIpc) is 3.59. The number of pyridine rings is 1. The zero-order valence-corrected chi connectivity index (χ0v) is 20.4. The lowest BCUT2D eigenvalue weighted by atomic mass is 9.85. The van der Waals surface area contributed by atoms with E-state index in [4.69, 9.17) is 10.7 Å². The van der Waals surface area contributed by atoms with Crippen molar-refractivity contribution in [2.24, 2.45) is 0 Å². The minimum atomic E-state index is -0.498. The number of rotatable bonds is 5. The van der Waals surface area contributed by atoms with Gasteiger partial charge in [-0.25, -0.2) is 20.4 Å². The third-order valence-electron chi connectivity index (χ3n) is 7.75. The number of amides is 2. The largest absolute Gasteiger partial charge is 0.387 e. The van der Waals surface area contributed by atoms with Crippen LogP contribution in [-0.4, -0.2) is 72.4 Å². The first-order chi connectivity index (χ1) is 17.9. The van der Waals surface area contributed by atoms with E-state index in [1.54, 1.807) is 18.5 Å². The predicted molar refractivity (Wildman–Crippen MR) is 133 cm³/mol. The number of nitrogen functional groups attached to an aromatic ring is 1. The Kier molecular flexibility index (Phi) is 5.64. The van der Waals surface area contributed by atoms with Crippen molar-refractivity contribution in [1.82, 2.24) is 29.9 Å². The van der Waals surface area contributed by atoms with Crippen LogP contribution in [0.25, 0.3) is 16.8 Å². The first-order valence-corrected chi connectivity index (χ1v) is 12.5. The number of anilines is 2. The number of hydrogen-bond acceptors (Lipinski definition) is 9. The van der Waals surface area contributed by atoms with Crippen LogP contribution < -0.4 is 16.2 Å². The summed E-state index contributed by atoms with van der Waals surface area (Å²) in [4.78, 5) is 48.3. The van der Waals surface area contributed by atoms with Gasteiger partial charge in [-0.15, -0.1) is 0 Å². The van der Waals surface area contributed by atoms with E-state index in [-0.39, 0.29) is 41.4 Å². The van der Waals surface area contributed by atoms with Crippen LogP contribution in [-0.2, 0) is 9.59 Å². The van der Waals surface area contributed by atoms with Crippen LogP contribution in [0.3, 0.4) is 0 Å². The van der Waals surface area contributed by atoms with Gasteiger partial charge in [0.1, 0.15) is 18.2 Å². The first kappa shape index (κ1) is 23.5. The highest BCUT2D eigenvalue weighted by Crippen LogP contribution is 2.44. The number of carbonyl (C=O) groups is 3. The molecule has 2 amide bonds. The Balaban J connectivity index is 1.39. The van der Waals surface area contributed by atoms with Gasteiger partial charge in [-0.1, -0.05) is 0 Å². The molecule has 0 unspecified atom stereocenters. The molecule has 6 rings (SSSR count). The highest BCUT2D eigenvalue weighted by Gasteiger charge is 2.44. The molecule has 0 spiro atoms. The minimum Gasteiger partial charge on any atom is -0.387 e. The Labute approximate surface area is 212 Å². The summed E-state index contributed by atoms with van der Waals surface area (Å²) >= 11 is 0. The van der Waals surface area contributed by atoms with Crippen LogP contribution in [0.1, 0.15) is 61.0 Å². The number of nitrogens with one attached hydrogen (secondary N) is 1. The third kappa shape index (κ3) is 3.75. The summed E-state index contributed by atoms with van der Waals surface area (Å²) in [5, 5.41) is 15.3. The second-order valence-electron chi connectivity index (χ2n) is 9.91. The number of hydrazine groups is 1. The van der Waals surface area contributed by atoms with Gasteiger partial charge < -0.3 is 15.7 Å². The molecule has 3 aliphatic rings. The number of piperidine rings is 1. The number of aromatic nitrogens is 4. The summed E-state index contributed by atoms with van der Waals surface area (Å²) in [6.07, 6.45) is 6.78. The molecule has 3 fully saturated rings. The highest BCUT2D eigenvalue weighted by atomic mass is 16.3. The number of Topliss-reactive ketones (excluding diaryl/α,β-unsaturated/α-hetero) is 1. The van der Waals surface area contributed by atoms with E-state index in [9.17, 15) is 19.5 Å². The maximum atomic E-state index is 12.7. The summed E-state index contributed by atoms with van der Waals surface area (Å²) in [6, 6.07) is 3.62.